The third-order valence-electron chi connectivity index (χ3n) is 8.93. The van der Waals surface area contributed by atoms with Gasteiger partial charge in [0.05, 0.1) is 0 Å². The third-order valence-corrected chi connectivity index (χ3v) is 21.3. The molecule has 0 saturated carbocycles. The van der Waals surface area contributed by atoms with Crippen LogP contribution in [0.15, 0.2) is 182 Å². The number of rotatable bonds is 15. The van der Waals surface area contributed by atoms with Gasteiger partial charge in [0.1, 0.15) is 14.3 Å². The van der Waals surface area contributed by atoms with Gasteiger partial charge in [0.2, 0.25) is 0 Å². The van der Waals surface area contributed by atoms with E-state index in [0.717, 1.165) is 45.9 Å². The summed E-state index contributed by atoms with van der Waals surface area (Å²) in [6.07, 6.45) is 5.05. The molecule has 242 valence electrons. The van der Waals surface area contributed by atoms with Crippen LogP contribution in [0.4, 0.5) is 0 Å². The van der Waals surface area contributed by atoms with Crippen molar-refractivity contribution in [1.29, 1.82) is 0 Å². The maximum Gasteiger partial charge on any atom is 0.143 e. The highest BCUT2D eigenvalue weighted by atomic mass is 31.2. The molecule has 6 aromatic carbocycles. The van der Waals surface area contributed by atoms with Crippen molar-refractivity contribution >= 4 is 62.0 Å². The molecule has 48 heavy (non-hydrogen) atoms. The Morgan fingerprint density at radius 1 is 0.333 bits per heavy atom. The van der Waals surface area contributed by atoms with E-state index in [1.165, 1.54) is 10.6 Å². The van der Waals surface area contributed by atoms with E-state index in [1.807, 2.05) is 121 Å². The molecule has 0 aliphatic heterocycles. The summed E-state index contributed by atoms with van der Waals surface area (Å²) in [7, 11) is -6.89. The summed E-state index contributed by atoms with van der Waals surface area (Å²) < 4.78 is 30.2. The lowest BCUT2D eigenvalue weighted by atomic mass is 10.4. The predicted octanol–water partition coefficient (Wildman–Crippen LogP) is 8.63. The Balaban J connectivity index is 1.32. The number of benzene rings is 6. The first-order chi connectivity index (χ1) is 23.6. The quantitative estimate of drug-likeness (QED) is 0.101. The highest BCUT2D eigenvalue weighted by Crippen LogP contribution is 2.52. The fraction of sp³-hybridized carbons (Fsp3) is 0.143. The molecule has 0 aliphatic carbocycles. The minimum Gasteiger partial charge on any atom is -0.314 e. The van der Waals surface area contributed by atoms with Crippen LogP contribution in [-0.4, -0.2) is 37.0 Å². The van der Waals surface area contributed by atoms with Crippen LogP contribution in [0.1, 0.15) is 0 Å². The van der Waals surface area contributed by atoms with E-state index in [9.17, 15) is 0 Å². The monoisotopic (exact) mass is 702 g/mol. The Kier molecular flexibility index (Phi) is 12.1. The number of hydrogen-bond acceptors (Lipinski definition) is 2. The first kappa shape index (κ1) is 34.5. The smallest absolute Gasteiger partial charge is 0.143 e. The van der Waals surface area contributed by atoms with Gasteiger partial charge in [0.15, 0.2) is 0 Å². The Morgan fingerprint density at radius 3 is 0.896 bits per heavy atom. The maximum absolute atomic E-state index is 15.1. The Bertz CT molecular complexity index is 1690. The van der Waals surface area contributed by atoms with Crippen molar-refractivity contribution in [3.05, 3.63) is 182 Å². The van der Waals surface area contributed by atoms with Crippen molar-refractivity contribution < 1.29 is 9.13 Å². The van der Waals surface area contributed by atoms with Gasteiger partial charge >= 0.3 is 0 Å². The van der Waals surface area contributed by atoms with Crippen molar-refractivity contribution in [3.63, 3.8) is 0 Å². The van der Waals surface area contributed by atoms with Crippen LogP contribution < -0.4 is 31.8 Å². The average molecular weight is 703 g/mol. The first-order valence-corrected chi connectivity index (χ1v) is 23.8. The van der Waals surface area contributed by atoms with Crippen LogP contribution in [0.3, 0.4) is 0 Å². The minimum absolute atomic E-state index is 0.558. The zero-order valence-corrected chi connectivity index (χ0v) is 30.7. The zero-order valence-electron chi connectivity index (χ0n) is 27.2. The van der Waals surface area contributed by atoms with Crippen molar-refractivity contribution in [2.24, 2.45) is 0 Å². The molecule has 0 aliphatic rings. The van der Waals surface area contributed by atoms with Gasteiger partial charge in [0.25, 0.3) is 0 Å². The fourth-order valence-electron chi connectivity index (χ4n) is 6.25. The predicted molar refractivity (Wildman–Crippen MR) is 215 cm³/mol. The maximum atomic E-state index is 15.1. The Labute approximate surface area is 288 Å². The largest absolute Gasteiger partial charge is 0.314 e. The summed E-state index contributed by atoms with van der Waals surface area (Å²) in [5.74, 6) is 0. The van der Waals surface area contributed by atoms with Crippen LogP contribution >= 0.6 is 30.1 Å². The molecule has 6 rings (SSSR count). The molecule has 0 fully saturated rings. The van der Waals surface area contributed by atoms with E-state index in [2.05, 4.69) is 60.7 Å². The van der Waals surface area contributed by atoms with Gasteiger partial charge in [-0.05, 0) is 43.2 Å². The second-order valence-electron chi connectivity index (χ2n) is 11.9. The molecule has 0 N–H and O–H groups in total. The topological polar surface area (TPSA) is 34.1 Å². The summed E-state index contributed by atoms with van der Waals surface area (Å²) in [6, 6.07) is 61.9. The van der Waals surface area contributed by atoms with Crippen molar-refractivity contribution in [3.8, 4) is 0 Å². The van der Waals surface area contributed by atoms with Crippen molar-refractivity contribution in [2.45, 2.75) is 0 Å². The second kappa shape index (κ2) is 16.8. The molecule has 0 unspecified atom stereocenters. The van der Waals surface area contributed by atoms with Gasteiger partial charge in [-0.3, -0.25) is 0 Å². The van der Waals surface area contributed by atoms with E-state index in [0.29, 0.717) is 12.3 Å². The standard InChI is InChI=1S/C42H42O2P4/c43-47(39-23-11-3-12-24-39,40-25-13-4-14-26-40)35-33-45(31-32-46(37-19-7-1-8-20-37)38-21-9-2-10-22-38)34-36-48(44,41-27-15-5-16-28-41)42-29-17-6-18-30-42/h1-30H,31-36H2. The van der Waals surface area contributed by atoms with Crippen LogP contribution in [0.2, 0.25) is 0 Å². The molecule has 0 radical (unpaired) electrons. The summed E-state index contributed by atoms with van der Waals surface area (Å²) in [6.45, 7) is 0. The lowest BCUT2D eigenvalue weighted by molar-refractivity contribution is 0.587. The molecular weight excluding hydrogens is 660 g/mol. The van der Waals surface area contributed by atoms with Gasteiger partial charge in [0, 0.05) is 33.5 Å². The van der Waals surface area contributed by atoms with E-state index in [4.69, 9.17) is 0 Å². The lowest BCUT2D eigenvalue weighted by Crippen LogP contribution is -2.22. The molecule has 0 bridgehead atoms. The molecule has 0 amide bonds. The molecule has 6 aromatic rings. The fourth-order valence-corrected chi connectivity index (χ4v) is 19.5. The average Bonchev–Trinajstić information content (AvgIpc) is 3.17. The third kappa shape index (κ3) is 8.43. The minimum atomic E-state index is -2.87. The van der Waals surface area contributed by atoms with E-state index >= 15 is 9.13 Å². The molecule has 0 spiro atoms. The summed E-state index contributed by atoms with van der Waals surface area (Å²) >= 11 is 0. The van der Waals surface area contributed by atoms with Crippen LogP contribution in [0.5, 0.6) is 0 Å². The molecule has 0 aromatic heterocycles. The lowest BCUT2D eigenvalue weighted by Gasteiger charge is -2.27. The van der Waals surface area contributed by atoms with Gasteiger partial charge in [-0.1, -0.05) is 182 Å². The van der Waals surface area contributed by atoms with E-state index in [1.54, 1.807) is 0 Å². The molecule has 6 heteroatoms. The van der Waals surface area contributed by atoms with Gasteiger partial charge < -0.3 is 9.13 Å². The van der Waals surface area contributed by atoms with E-state index < -0.39 is 30.1 Å². The van der Waals surface area contributed by atoms with E-state index in [-0.39, 0.29) is 0 Å². The molecule has 2 nitrogen and oxygen atoms in total. The van der Waals surface area contributed by atoms with Gasteiger partial charge in [-0.25, -0.2) is 0 Å². The molecule has 0 heterocycles. The molecular formula is C42H42O2P4. The summed E-state index contributed by atoms with van der Waals surface area (Å²) in [4.78, 5) is 0. The van der Waals surface area contributed by atoms with Gasteiger partial charge in [-0.2, -0.15) is 0 Å². The first-order valence-electron chi connectivity index (χ1n) is 16.6. The second-order valence-corrected chi connectivity index (χ2v) is 22.9. The molecule has 0 saturated heterocycles. The Morgan fingerprint density at radius 2 is 0.604 bits per heavy atom. The number of hydrogen-bond donors (Lipinski definition) is 0. The highest BCUT2D eigenvalue weighted by molar-refractivity contribution is 7.80. The normalized spacial score (nSPS) is 12.0. The van der Waals surface area contributed by atoms with Crippen molar-refractivity contribution in [2.75, 3.05) is 37.0 Å². The summed E-state index contributed by atoms with van der Waals surface area (Å²) in [5, 5.41) is 6.43. The summed E-state index contributed by atoms with van der Waals surface area (Å²) in [5.41, 5.74) is 0. The molecule has 0 atom stereocenters. The Hall–Kier alpha value is -3.36. The highest BCUT2D eigenvalue weighted by Gasteiger charge is 2.31. The SMILES string of the molecule is O=P(CCP(CCP(c1ccccc1)c1ccccc1)CCP(=O)(c1ccccc1)c1ccccc1)(c1ccccc1)c1ccccc1. The van der Waals surface area contributed by atoms with Crippen LogP contribution in [-0.2, 0) is 9.13 Å². The van der Waals surface area contributed by atoms with Crippen LogP contribution in [0, 0.1) is 0 Å². The van der Waals surface area contributed by atoms with Gasteiger partial charge in [-0.15, -0.1) is 7.92 Å². The van der Waals surface area contributed by atoms with Crippen molar-refractivity contribution in [1.82, 2.24) is 0 Å². The van der Waals surface area contributed by atoms with Crippen LogP contribution in [0.25, 0.3) is 0 Å². The zero-order chi connectivity index (χ0) is 33.1.